The topological polar surface area (TPSA) is 80.8 Å². The van der Waals surface area contributed by atoms with E-state index in [0.29, 0.717) is 0 Å². The molecule has 1 amide bonds. The molecule has 7 heteroatoms. The highest BCUT2D eigenvalue weighted by molar-refractivity contribution is 6.10. The monoisotopic (exact) mass is 433 g/mol. The van der Waals surface area contributed by atoms with Crippen LogP contribution in [0, 0.1) is 16.2 Å². The lowest BCUT2D eigenvalue weighted by Crippen LogP contribution is -2.45. The molecule has 0 N–H and O–H groups in total. The number of carbonyl (C=O) groups is 4. The Bertz CT molecular complexity index is 775. The van der Waals surface area contributed by atoms with Gasteiger partial charge in [0.25, 0.3) is 0 Å². The van der Waals surface area contributed by atoms with Crippen molar-refractivity contribution in [1.82, 2.24) is 4.90 Å². The third kappa shape index (κ3) is 6.53. The number of nitrogens with zero attached hydrogens (tertiary/aromatic N) is 1. The third-order valence-corrected chi connectivity index (χ3v) is 6.64. The number of rotatable bonds is 10. The number of ketones is 2. The smallest absolute Gasteiger partial charge is 0.319 e. The molecule has 0 bridgehead atoms. The number of hydrogen-bond acceptors (Lipinski definition) is 5. The fraction of sp³-hybridized carbons (Fsp3) is 0.750. The van der Waals surface area contributed by atoms with E-state index in [4.69, 9.17) is 12.6 Å². The predicted molar refractivity (Wildman–Crippen MR) is 124 cm³/mol. The second-order valence-corrected chi connectivity index (χ2v) is 10.6. The van der Waals surface area contributed by atoms with Crippen LogP contribution in [-0.4, -0.2) is 55.3 Å². The van der Waals surface area contributed by atoms with E-state index in [2.05, 4.69) is 0 Å². The molecule has 0 aromatic heterocycles. The molecule has 0 aliphatic carbocycles. The standard InChI is InChI=1S/C24H40BNO5/c1-15(22(6,7)17(3)27)16(2)24(10,11)31-20(30)23(8,9)18(28)13-21(4,5)19(29)26(12)14-25/h13-14H2,1-12H3. The maximum absolute atomic E-state index is 13.0. The zero-order valence-corrected chi connectivity index (χ0v) is 21.5. The number of Topliss-reactive ketones (excluding diaryl/α,β-unsaturated/α-hetero) is 2. The zero-order valence-electron chi connectivity index (χ0n) is 21.5. The molecule has 0 aliphatic heterocycles. The van der Waals surface area contributed by atoms with E-state index in [1.807, 2.05) is 27.7 Å². The van der Waals surface area contributed by atoms with Crippen LogP contribution >= 0.6 is 0 Å². The van der Waals surface area contributed by atoms with Gasteiger partial charge < -0.3 is 9.64 Å². The SMILES string of the molecule is [B]CN(C)C(=O)C(C)(C)CC(=O)C(C)(C)C(=O)OC(C)(C)C(C)=C(C)C(C)(C)C(C)=O. The lowest BCUT2D eigenvalue weighted by Gasteiger charge is -2.36. The molecule has 0 aromatic rings. The molecule has 0 spiro atoms. The molecule has 174 valence electrons. The molecule has 6 nitrogen and oxygen atoms in total. The second-order valence-electron chi connectivity index (χ2n) is 10.6. The highest BCUT2D eigenvalue weighted by Crippen LogP contribution is 2.37. The summed E-state index contributed by atoms with van der Waals surface area (Å²) in [7, 11) is 7.09. The molecule has 0 aromatic carbocycles. The van der Waals surface area contributed by atoms with Gasteiger partial charge in [-0.3, -0.25) is 19.2 Å². The summed E-state index contributed by atoms with van der Waals surface area (Å²) in [5.41, 5.74) is -2.59. The first kappa shape index (κ1) is 29.1. The Morgan fingerprint density at radius 2 is 1.26 bits per heavy atom. The number of ether oxygens (including phenoxy) is 1. The average Bonchev–Trinajstić information content (AvgIpc) is 2.64. The van der Waals surface area contributed by atoms with Gasteiger partial charge in [-0.05, 0) is 74.3 Å². The van der Waals surface area contributed by atoms with E-state index in [9.17, 15) is 19.2 Å². The molecule has 0 rings (SSSR count). The number of amides is 1. The van der Waals surface area contributed by atoms with Crippen molar-refractivity contribution < 1.29 is 23.9 Å². The van der Waals surface area contributed by atoms with Gasteiger partial charge in [0.15, 0.2) is 5.78 Å². The summed E-state index contributed by atoms with van der Waals surface area (Å²) in [6.07, 6.45) is -0.0818. The van der Waals surface area contributed by atoms with Crippen molar-refractivity contribution in [2.75, 3.05) is 13.5 Å². The fourth-order valence-corrected chi connectivity index (χ4v) is 3.03. The summed E-state index contributed by atoms with van der Waals surface area (Å²) >= 11 is 0. The maximum Gasteiger partial charge on any atom is 0.319 e. The Balaban J connectivity index is 5.73. The summed E-state index contributed by atoms with van der Waals surface area (Å²) in [5.74, 6) is -1.32. The van der Waals surface area contributed by atoms with Crippen LogP contribution in [0.3, 0.4) is 0 Å². The van der Waals surface area contributed by atoms with Crippen molar-refractivity contribution in [3.8, 4) is 0 Å². The third-order valence-electron chi connectivity index (χ3n) is 6.64. The Morgan fingerprint density at radius 1 is 0.806 bits per heavy atom. The van der Waals surface area contributed by atoms with E-state index in [1.165, 1.54) is 25.7 Å². The fourth-order valence-electron chi connectivity index (χ4n) is 3.03. The molecule has 31 heavy (non-hydrogen) atoms. The van der Waals surface area contributed by atoms with E-state index in [0.717, 1.165) is 11.1 Å². The van der Waals surface area contributed by atoms with Gasteiger partial charge in [0, 0.05) is 18.9 Å². The highest BCUT2D eigenvalue weighted by atomic mass is 16.6. The summed E-state index contributed by atoms with van der Waals surface area (Å²) in [4.78, 5) is 51.9. The van der Waals surface area contributed by atoms with E-state index in [1.54, 1.807) is 34.7 Å². The molecule has 0 aliphatic rings. The quantitative estimate of drug-likeness (QED) is 0.226. The first-order valence-electron chi connectivity index (χ1n) is 10.6. The zero-order chi connectivity index (χ0) is 25.2. The number of hydrogen-bond donors (Lipinski definition) is 0. The normalized spacial score (nSPS) is 13.9. The molecule has 0 saturated carbocycles. The average molecular weight is 433 g/mol. The molecule has 2 radical (unpaired) electrons. The second kappa shape index (κ2) is 9.70. The maximum atomic E-state index is 13.0. The Labute approximate surface area is 189 Å². The lowest BCUT2D eigenvalue weighted by atomic mass is 9.76. The predicted octanol–water partition coefficient (Wildman–Crippen LogP) is 3.86. The van der Waals surface area contributed by atoms with Gasteiger partial charge in [0.1, 0.15) is 16.8 Å². The van der Waals surface area contributed by atoms with Gasteiger partial charge in [0.2, 0.25) is 5.91 Å². The van der Waals surface area contributed by atoms with Crippen molar-refractivity contribution in [2.45, 2.75) is 88.2 Å². The summed E-state index contributed by atoms with van der Waals surface area (Å²) in [5, 5.41) is 0. The minimum absolute atomic E-state index is 0.0105. The Kier molecular flexibility index (Phi) is 9.10. The van der Waals surface area contributed by atoms with Crippen LogP contribution in [0.25, 0.3) is 0 Å². The van der Waals surface area contributed by atoms with Crippen LogP contribution in [0.5, 0.6) is 0 Å². The first-order chi connectivity index (χ1) is 13.7. The molecule has 0 fully saturated rings. The largest absolute Gasteiger partial charge is 0.454 e. The van der Waals surface area contributed by atoms with Crippen molar-refractivity contribution in [1.29, 1.82) is 0 Å². The number of esters is 1. The van der Waals surface area contributed by atoms with Gasteiger partial charge in [-0.2, -0.15) is 0 Å². The van der Waals surface area contributed by atoms with Crippen LogP contribution in [-0.2, 0) is 23.9 Å². The van der Waals surface area contributed by atoms with Crippen molar-refractivity contribution >= 4 is 31.3 Å². The van der Waals surface area contributed by atoms with Crippen LogP contribution < -0.4 is 0 Å². The molecule has 0 heterocycles. The van der Waals surface area contributed by atoms with Gasteiger partial charge in [-0.1, -0.05) is 19.4 Å². The summed E-state index contributed by atoms with van der Waals surface area (Å²) in [6.45, 7) is 18.7. The highest BCUT2D eigenvalue weighted by Gasteiger charge is 2.45. The summed E-state index contributed by atoms with van der Waals surface area (Å²) in [6, 6.07) is 0. The Hall–Kier alpha value is -1.92. The van der Waals surface area contributed by atoms with E-state index >= 15 is 0 Å². The molecular weight excluding hydrogens is 393 g/mol. The molecular formula is C24H40BNO5. The van der Waals surface area contributed by atoms with Gasteiger partial charge >= 0.3 is 5.97 Å². The van der Waals surface area contributed by atoms with Gasteiger partial charge in [-0.15, -0.1) is 0 Å². The van der Waals surface area contributed by atoms with Crippen LogP contribution in [0.15, 0.2) is 11.1 Å². The first-order valence-corrected chi connectivity index (χ1v) is 10.6. The minimum atomic E-state index is -1.44. The number of allylic oxidation sites excluding steroid dienone is 1. The van der Waals surface area contributed by atoms with E-state index in [-0.39, 0.29) is 30.3 Å². The van der Waals surface area contributed by atoms with Crippen LogP contribution in [0.4, 0.5) is 0 Å². The van der Waals surface area contributed by atoms with Crippen LogP contribution in [0.1, 0.15) is 82.6 Å². The number of carbonyl (C=O) groups excluding carboxylic acids is 4. The molecule has 0 unspecified atom stereocenters. The van der Waals surface area contributed by atoms with Crippen molar-refractivity contribution in [3.05, 3.63) is 11.1 Å². The molecule has 0 saturated heterocycles. The van der Waals surface area contributed by atoms with Gasteiger partial charge in [-0.25, -0.2) is 0 Å². The molecule has 0 atom stereocenters. The van der Waals surface area contributed by atoms with Gasteiger partial charge in [0.05, 0.1) is 13.3 Å². The van der Waals surface area contributed by atoms with E-state index < -0.39 is 27.8 Å². The Morgan fingerprint density at radius 3 is 1.65 bits per heavy atom. The van der Waals surface area contributed by atoms with Crippen molar-refractivity contribution in [2.24, 2.45) is 16.2 Å². The lowest BCUT2D eigenvalue weighted by molar-refractivity contribution is -0.168. The van der Waals surface area contributed by atoms with Crippen molar-refractivity contribution in [3.63, 3.8) is 0 Å². The van der Waals surface area contributed by atoms with Crippen LogP contribution in [0.2, 0.25) is 0 Å². The summed E-state index contributed by atoms with van der Waals surface area (Å²) < 4.78 is 5.78. The minimum Gasteiger partial charge on any atom is -0.454 e.